The van der Waals surface area contributed by atoms with Crippen molar-refractivity contribution in [1.82, 2.24) is 0 Å². The molecule has 1 rings (SSSR count). The SMILES string of the molecule is CCC(Cc1cccc([N+](=O)[O-])c1)(C(=O)O)C(=O)O. The summed E-state index contributed by atoms with van der Waals surface area (Å²) in [6.45, 7) is 1.46. The summed E-state index contributed by atoms with van der Waals surface area (Å²) in [6, 6.07) is 5.33. The summed E-state index contributed by atoms with van der Waals surface area (Å²) in [6.07, 6.45) is -0.407. The third-order valence-corrected chi connectivity index (χ3v) is 3.05. The van der Waals surface area contributed by atoms with E-state index in [4.69, 9.17) is 10.2 Å². The first-order chi connectivity index (χ1) is 8.83. The lowest BCUT2D eigenvalue weighted by Crippen LogP contribution is -2.40. The molecule has 0 saturated heterocycles. The van der Waals surface area contributed by atoms with Crippen LogP contribution in [0.15, 0.2) is 24.3 Å². The number of hydrogen-bond acceptors (Lipinski definition) is 4. The van der Waals surface area contributed by atoms with E-state index in [0.717, 1.165) is 0 Å². The van der Waals surface area contributed by atoms with E-state index in [-0.39, 0.29) is 18.5 Å². The molecule has 0 atom stereocenters. The van der Waals surface area contributed by atoms with Crippen LogP contribution < -0.4 is 0 Å². The molecule has 7 heteroatoms. The number of nitro benzene ring substituents is 1. The molecule has 0 amide bonds. The molecule has 7 nitrogen and oxygen atoms in total. The van der Waals surface area contributed by atoms with Crippen LogP contribution in [0.3, 0.4) is 0 Å². The van der Waals surface area contributed by atoms with E-state index in [0.29, 0.717) is 5.56 Å². The van der Waals surface area contributed by atoms with Gasteiger partial charge in [0.2, 0.25) is 0 Å². The first-order valence-electron chi connectivity index (χ1n) is 5.53. The Hall–Kier alpha value is -2.44. The smallest absolute Gasteiger partial charge is 0.321 e. The molecule has 0 bridgehead atoms. The Labute approximate surface area is 108 Å². The van der Waals surface area contributed by atoms with Gasteiger partial charge in [-0.05, 0) is 18.4 Å². The Balaban J connectivity index is 3.17. The van der Waals surface area contributed by atoms with Crippen molar-refractivity contribution in [2.45, 2.75) is 19.8 Å². The third-order valence-electron chi connectivity index (χ3n) is 3.05. The molecule has 0 spiro atoms. The molecular weight excluding hydrogens is 254 g/mol. The van der Waals surface area contributed by atoms with Gasteiger partial charge in [-0.1, -0.05) is 19.1 Å². The Morgan fingerprint density at radius 1 is 1.32 bits per heavy atom. The van der Waals surface area contributed by atoms with Crippen LogP contribution in [0.2, 0.25) is 0 Å². The van der Waals surface area contributed by atoms with Crippen molar-refractivity contribution in [1.29, 1.82) is 0 Å². The Kier molecular flexibility index (Phi) is 4.21. The molecule has 1 aromatic rings. The van der Waals surface area contributed by atoms with E-state index in [1.54, 1.807) is 0 Å². The van der Waals surface area contributed by atoms with E-state index in [2.05, 4.69) is 0 Å². The Morgan fingerprint density at radius 3 is 2.32 bits per heavy atom. The van der Waals surface area contributed by atoms with Crippen LogP contribution in [0.25, 0.3) is 0 Å². The van der Waals surface area contributed by atoms with E-state index in [9.17, 15) is 19.7 Å². The summed E-state index contributed by atoms with van der Waals surface area (Å²) < 4.78 is 0. The zero-order valence-electron chi connectivity index (χ0n) is 10.2. The zero-order valence-corrected chi connectivity index (χ0v) is 10.2. The topological polar surface area (TPSA) is 118 Å². The largest absolute Gasteiger partial charge is 0.480 e. The van der Waals surface area contributed by atoms with Gasteiger partial charge >= 0.3 is 11.9 Å². The minimum absolute atomic E-state index is 0.111. The highest BCUT2D eigenvalue weighted by molar-refractivity contribution is 5.98. The van der Waals surface area contributed by atoms with E-state index in [1.165, 1.54) is 31.2 Å². The minimum atomic E-state index is -1.96. The predicted octanol–water partition coefficient (Wildman–Crippen LogP) is 1.70. The molecule has 0 heterocycles. The quantitative estimate of drug-likeness (QED) is 0.460. The number of carboxylic acid groups (broad SMARTS) is 2. The van der Waals surface area contributed by atoms with Crippen molar-refractivity contribution in [3.8, 4) is 0 Å². The van der Waals surface area contributed by atoms with E-state index < -0.39 is 22.3 Å². The maximum Gasteiger partial charge on any atom is 0.321 e. The highest BCUT2D eigenvalue weighted by atomic mass is 16.6. The van der Waals surface area contributed by atoms with Gasteiger partial charge in [0.15, 0.2) is 5.41 Å². The summed E-state index contributed by atoms with van der Waals surface area (Å²) >= 11 is 0. The monoisotopic (exact) mass is 267 g/mol. The van der Waals surface area contributed by atoms with E-state index in [1.807, 2.05) is 0 Å². The number of benzene rings is 1. The highest BCUT2D eigenvalue weighted by Gasteiger charge is 2.45. The first kappa shape index (κ1) is 14.6. The van der Waals surface area contributed by atoms with Gasteiger partial charge in [-0.2, -0.15) is 0 Å². The van der Waals surface area contributed by atoms with Gasteiger partial charge in [0.05, 0.1) is 4.92 Å². The molecule has 0 aliphatic carbocycles. The van der Waals surface area contributed by atoms with Crippen LogP contribution in [0, 0.1) is 15.5 Å². The second-order valence-electron chi connectivity index (χ2n) is 4.15. The molecule has 0 aliphatic heterocycles. The number of aliphatic carboxylic acids is 2. The average Bonchev–Trinajstić information content (AvgIpc) is 2.35. The predicted molar refractivity (Wildman–Crippen MR) is 64.8 cm³/mol. The molecule has 0 aliphatic rings. The van der Waals surface area contributed by atoms with Gasteiger partial charge in [0, 0.05) is 12.1 Å². The molecule has 0 radical (unpaired) electrons. The summed E-state index contributed by atoms with van der Waals surface area (Å²) in [5.41, 5.74) is -1.85. The standard InChI is InChI=1S/C12H13NO6/c1-2-12(10(14)15,11(16)17)7-8-4-3-5-9(6-8)13(18)19/h3-6H,2,7H2,1H3,(H,14,15)(H,16,17). The average molecular weight is 267 g/mol. The summed E-state index contributed by atoms with van der Waals surface area (Å²) in [5, 5.41) is 28.9. The van der Waals surface area contributed by atoms with Crippen LogP contribution in [-0.4, -0.2) is 27.1 Å². The lowest BCUT2D eigenvalue weighted by Gasteiger charge is -2.23. The highest BCUT2D eigenvalue weighted by Crippen LogP contribution is 2.29. The number of rotatable bonds is 6. The molecule has 1 aromatic carbocycles. The van der Waals surface area contributed by atoms with Crippen LogP contribution in [-0.2, 0) is 16.0 Å². The number of carboxylic acids is 2. The second-order valence-corrected chi connectivity index (χ2v) is 4.15. The second kappa shape index (κ2) is 5.47. The first-order valence-corrected chi connectivity index (χ1v) is 5.53. The molecule has 0 saturated carbocycles. The molecule has 19 heavy (non-hydrogen) atoms. The molecule has 0 unspecified atom stereocenters. The zero-order chi connectivity index (χ0) is 14.6. The lowest BCUT2D eigenvalue weighted by molar-refractivity contribution is -0.384. The maximum absolute atomic E-state index is 11.2. The number of carbonyl (C=O) groups is 2. The molecule has 0 fully saturated rings. The van der Waals surface area contributed by atoms with Gasteiger partial charge in [-0.15, -0.1) is 0 Å². The van der Waals surface area contributed by atoms with Crippen molar-refractivity contribution >= 4 is 17.6 Å². The van der Waals surface area contributed by atoms with Crippen LogP contribution >= 0.6 is 0 Å². The Bertz CT molecular complexity index is 511. The fraction of sp³-hybridized carbons (Fsp3) is 0.333. The van der Waals surface area contributed by atoms with Gasteiger partial charge < -0.3 is 10.2 Å². The van der Waals surface area contributed by atoms with Crippen molar-refractivity contribution in [3.63, 3.8) is 0 Å². The normalized spacial score (nSPS) is 11.0. The number of non-ortho nitro benzene ring substituents is 1. The fourth-order valence-corrected chi connectivity index (χ4v) is 1.80. The molecule has 102 valence electrons. The van der Waals surface area contributed by atoms with Crippen LogP contribution in [0.5, 0.6) is 0 Å². The van der Waals surface area contributed by atoms with E-state index >= 15 is 0 Å². The van der Waals surface area contributed by atoms with Crippen molar-refractivity contribution in [2.24, 2.45) is 5.41 Å². The van der Waals surface area contributed by atoms with Gasteiger partial charge in [0.1, 0.15) is 0 Å². The fourth-order valence-electron chi connectivity index (χ4n) is 1.80. The number of nitro groups is 1. The number of nitrogens with zero attached hydrogens (tertiary/aromatic N) is 1. The summed E-state index contributed by atoms with van der Waals surface area (Å²) in [4.78, 5) is 32.4. The molecule has 0 aromatic heterocycles. The Morgan fingerprint density at radius 2 is 1.89 bits per heavy atom. The number of hydrogen-bond donors (Lipinski definition) is 2. The summed E-state index contributed by atoms with van der Waals surface area (Å²) in [5.74, 6) is -2.90. The molecule has 2 N–H and O–H groups in total. The van der Waals surface area contributed by atoms with Gasteiger partial charge in [-0.25, -0.2) is 0 Å². The maximum atomic E-state index is 11.2. The van der Waals surface area contributed by atoms with Gasteiger partial charge in [-0.3, -0.25) is 19.7 Å². The lowest BCUT2D eigenvalue weighted by atomic mass is 9.79. The van der Waals surface area contributed by atoms with Crippen molar-refractivity contribution < 1.29 is 24.7 Å². The van der Waals surface area contributed by atoms with Gasteiger partial charge in [0.25, 0.3) is 5.69 Å². The minimum Gasteiger partial charge on any atom is -0.480 e. The van der Waals surface area contributed by atoms with Crippen LogP contribution in [0.1, 0.15) is 18.9 Å². The summed E-state index contributed by atoms with van der Waals surface area (Å²) in [7, 11) is 0. The molecular formula is C12H13NO6. The van der Waals surface area contributed by atoms with Crippen molar-refractivity contribution in [2.75, 3.05) is 0 Å². The van der Waals surface area contributed by atoms with Crippen molar-refractivity contribution in [3.05, 3.63) is 39.9 Å². The van der Waals surface area contributed by atoms with Crippen LogP contribution in [0.4, 0.5) is 5.69 Å². The third kappa shape index (κ3) is 2.87.